The largest absolute Gasteiger partial charge is 0.480 e. The third kappa shape index (κ3) is 6.81. The quantitative estimate of drug-likeness (QED) is 0.313. The van der Waals surface area contributed by atoms with Crippen molar-refractivity contribution in [2.75, 3.05) is 6.54 Å². The molecule has 5 nitrogen and oxygen atoms in total. The van der Waals surface area contributed by atoms with Crippen LogP contribution in [-0.4, -0.2) is 29.6 Å². The fraction of sp³-hybridized carbons (Fsp3) is 0.286. The van der Waals surface area contributed by atoms with Gasteiger partial charge in [0, 0.05) is 23.0 Å². The molecular weight excluding hydrogens is 444 g/mol. The molecule has 0 radical (unpaired) electrons. The summed E-state index contributed by atoms with van der Waals surface area (Å²) in [4.78, 5) is 26.1. The highest BCUT2D eigenvalue weighted by molar-refractivity contribution is 7.14. The SMILES string of the molecule is C=C(C)NCCCC(NC(=O)c1ccc(C(c2ccc(C)cc2)c2ccc(C)cc2)s1)C(=O)O. The van der Waals surface area contributed by atoms with Crippen molar-refractivity contribution in [3.63, 3.8) is 0 Å². The van der Waals surface area contributed by atoms with Gasteiger partial charge in [-0.15, -0.1) is 11.3 Å². The number of carbonyl (C=O) groups is 2. The highest BCUT2D eigenvalue weighted by Crippen LogP contribution is 2.36. The maximum atomic E-state index is 12.9. The van der Waals surface area contributed by atoms with Gasteiger partial charge in [-0.2, -0.15) is 0 Å². The standard InChI is InChI=1S/C28H32N2O3S/c1-18(2)29-17-5-6-23(28(32)33)30-27(31)25-16-15-24(34-25)26(21-11-7-19(3)8-12-21)22-13-9-20(4)10-14-22/h7-16,23,26,29H,1,5-6,17H2,2-4H3,(H,30,31)(H,32,33). The van der Waals surface area contributed by atoms with E-state index < -0.39 is 12.0 Å². The molecule has 0 aliphatic heterocycles. The van der Waals surface area contributed by atoms with E-state index in [1.165, 1.54) is 22.5 Å². The van der Waals surface area contributed by atoms with Gasteiger partial charge in [0.1, 0.15) is 6.04 Å². The minimum absolute atomic E-state index is 0.00348. The molecule has 1 aromatic heterocycles. The second kappa shape index (κ2) is 11.7. The first-order valence-corrected chi connectivity index (χ1v) is 12.2. The van der Waals surface area contributed by atoms with E-state index in [2.05, 4.69) is 79.6 Å². The molecule has 0 aliphatic carbocycles. The molecule has 3 aromatic rings. The van der Waals surface area contributed by atoms with Crippen LogP contribution in [0.25, 0.3) is 0 Å². The van der Waals surface area contributed by atoms with Gasteiger partial charge in [-0.05, 0) is 56.9 Å². The average molecular weight is 477 g/mol. The third-order valence-electron chi connectivity index (χ3n) is 5.66. The summed E-state index contributed by atoms with van der Waals surface area (Å²) in [5.41, 5.74) is 5.51. The van der Waals surface area contributed by atoms with Crippen molar-refractivity contribution in [3.05, 3.63) is 105 Å². The van der Waals surface area contributed by atoms with Gasteiger partial charge in [0.05, 0.1) is 4.88 Å². The van der Waals surface area contributed by atoms with Crippen molar-refractivity contribution >= 4 is 23.2 Å². The Bertz CT molecular complexity index is 1090. The Labute approximate surface area is 205 Å². The fourth-order valence-electron chi connectivity index (χ4n) is 3.76. The number of thiophene rings is 1. The molecule has 2 aromatic carbocycles. The van der Waals surface area contributed by atoms with Crippen molar-refractivity contribution in [2.24, 2.45) is 0 Å². The summed E-state index contributed by atoms with van der Waals surface area (Å²) < 4.78 is 0. The molecule has 3 N–H and O–H groups in total. The minimum Gasteiger partial charge on any atom is -0.480 e. The topological polar surface area (TPSA) is 78.4 Å². The van der Waals surface area contributed by atoms with Crippen LogP contribution in [0.15, 0.2) is 72.9 Å². The maximum absolute atomic E-state index is 12.9. The Hall–Kier alpha value is -3.38. The molecule has 6 heteroatoms. The van der Waals surface area contributed by atoms with Crippen LogP contribution in [0.5, 0.6) is 0 Å². The first-order chi connectivity index (χ1) is 16.2. The van der Waals surface area contributed by atoms with Crippen LogP contribution in [0.2, 0.25) is 0 Å². The van der Waals surface area contributed by atoms with E-state index in [0.717, 1.165) is 21.7 Å². The molecular formula is C28H32N2O3S. The molecule has 0 saturated carbocycles. The predicted molar refractivity (Wildman–Crippen MR) is 139 cm³/mol. The van der Waals surface area contributed by atoms with Crippen molar-refractivity contribution in [2.45, 2.75) is 45.6 Å². The number of rotatable bonds is 11. The van der Waals surface area contributed by atoms with Gasteiger partial charge in [-0.1, -0.05) is 66.2 Å². The summed E-state index contributed by atoms with van der Waals surface area (Å²) in [6, 6.07) is 19.7. The first-order valence-electron chi connectivity index (χ1n) is 11.4. The van der Waals surface area contributed by atoms with Gasteiger partial charge in [0.2, 0.25) is 0 Å². The van der Waals surface area contributed by atoms with Crippen LogP contribution in [-0.2, 0) is 4.79 Å². The number of allylic oxidation sites excluding steroid dienone is 1. The lowest BCUT2D eigenvalue weighted by molar-refractivity contribution is -0.139. The van der Waals surface area contributed by atoms with E-state index in [-0.39, 0.29) is 11.8 Å². The van der Waals surface area contributed by atoms with E-state index >= 15 is 0 Å². The fourth-order valence-corrected chi connectivity index (χ4v) is 4.83. The number of carboxylic acids is 1. The number of nitrogens with one attached hydrogen (secondary N) is 2. The first kappa shape index (κ1) is 25.2. The summed E-state index contributed by atoms with van der Waals surface area (Å²) in [6.45, 7) is 10.4. The number of carbonyl (C=O) groups excluding carboxylic acids is 1. The lowest BCUT2D eigenvalue weighted by Gasteiger charge is -2.17. The number of amides is 1. The predicted octanol–water partition coefficient (Wildman–Crippen LogP) is 5.63. The van der Waals surface area contributed by atoms with Gasteiger partial charge >= 0.3 is 5.97 Å². The maximum Gasteiger partial charge on any atom is 0.326 e. The van der Waals surface area contributed by atoms with Crippen molar-refractivity contribution in [3.8, 4) is 0 Å². The molecule has 0 saturated heterocycles. The molecule has 0 spiro atoms. The number of hydrogen-bond acceptors (Lipinski definition) is 4. The molecule has 34 heavy (non-hydrogen) atoms. The summed E-state index contributed by atoms with van der Waals surface area (Å²) >= 11 is 1.40. The zero-order valence-electron chi connectivity index (χ0n) is 19.9. The molecule has 178 valence electrons. The molecule has 3 rings (SSSR count). The van der Waals surface area contributed by atoms with E-state index in [1.807, 2.05) is 13.0 Å². The Morgan fingerprint density at radius 2 is 1.50 bits per heavy atom. The van der Waals surface area contributed by atoms with E-state index in [1.54, 1.807) is 6.07 Å². The van der Waals surface area contributed by atoms with Gasteiger partial charge in [0.15, 0.2) is 0 Å². The normalized spacial score (nSPS) is 11.8. The second-order valence-electron chi connectivity index (χ2n) is 8.67. The molecule has 1 amide bonds. The van der Waals surface area contributed by atoms with Gasteiger partial charge in [-0.3, -0.25) is 4.79 Å². The number of carboxylic acid groups (broad SMARTS) is 1. The van der Waals surface area contributed by atoms with E-state index in [9.17, 15) is 14.7 Å². The molecule has 0 fully saturated rings. The Morgan fingerprint density at radius 3 is 2.00 bits per heavy atom. The second-order valence-corrected chi connectivity index (χ2v) is 9.79. The lowest BCUT2D eigenvalue weighted by atomic mass is 9.89. The zero-order valence-corrected chi connectivity index (χ0v) is 20.7. The monoisotopic (exact) mass is 476 g/mol. The summed E-state index contributed by atoms with van der Waals surface area (Å²) in [5.74, 6) is -1.39. The van der Waals surface area contributed by atoms with Crippen LogP contribution < -0.4 is 10.6 Å². The summed E-state index contributed by atoms with van der Waals surface area (Å²) in [7, 11) is 0. The van der Waals surface area contributed by atoms with Crippen LogP contribution in [0, 0.1) is 13.8 Å². The number of hydrogen-bond donors (Lipinski definition) is 3. The Morgan fingerprint density at radius 1 is 0.941 bits per heavy atom. The lowest BCUT2D eigenvalue weighted by Crippen LogP contribution is -2.40. The van der Waals surface area contributed by atoms with Crippen LogP contribution in [0.1, 0.15) is 62.5 Å². The van der Waals surface area contributed by atoms with E-state index in [0.29, 0.717) is 24.3 Å². The molecule has 0 aliphatic rings. The highest BCUT2D eigenvalue weighted by Gasteiger charge is 2.24. The molecule has 1 heterocycles. The Balaban J connectivity index is 1.80. The molecule has 1 atom stereocenters. The van der Waals surface area contributed by atoms with Crippen LogP contribution in [0.4, 0.5) is 0 Å². The third-order valence-corrected chi connectivity index (χ3v) is 6.81. The van der Waals surface area contributed by atoms with Crippen LogP contribution in [0.3, 0.4) is 0 Å². The average Bonchev–Trinajstić information content (AvgIpc) is 3.28. The number of benzene rings is 2. The summed E-state index contributed by atoms with van der Waals surface area (Å²) in [5, 5.41) is 15.3. The van der Waals surface area contributed by atoms with Gasteiger partial charge in [0.25, 0.3) is 5.91 Å². The zero-order chi connectivity index (χ0) is 24.7. The van der Waals surface area contributed by atoms with Crippen molar-refractivity contribution in [1.29, 1.82) is 0 Å². The smallest absolute Gasteiger partial charge is 0.326 e. The van der Waals surface area contributed by atoms with Crippen LogP contribution >= 0.6 is 11.3 Å². The molecule has 1 unspecified atom stereocenters. The minimum atomic E-state index is -1.03. The number of aryl methyl sites for hydroxylation is 2. The summed E-state index contributed by atoms with van der Waals surface area (Å²) in [6.07, 6.45) is 0.956. The van der Waals surface area contributed by atoms with Crippen molar-refractivity contribution in [1.82, 2.24) is 10.6 Å². The highest BCUT2D eigenvalue weighted by atomic mass is 32.1. The van der Waals surface area contributed by atoms with Gasteiger partial charge < -0.3 is 15.7 Å². The van der Waals surface area contributed by atoms with Crippen molar-refractivity contribution < 1.29 is 14.7 Å². The Kier molecular flexibility index (Phi) is 8.66. The molecule has 0 bridgehead atoms. The number of aliphatic carboxylic acids is 1. The van der Waals surface area contributed by atoms with Gasteiger partial charge in [-0.25, -0.2) is 4.79 Å². The van der Waals surface area contributed by atoms with E-state index in [4.69, 9.17) is 0 Å².